The Kier molecular flexibility index (Phi) is 5.66. The van der Waals surface area contributed by atoms with Crippen LogP contribution in [0.2, 0.25) is 0 Å². The molecule has 6 nitrogen and oxygen atoms in total. The lowest BCUT2D eigenvalue weighted by molar-refractivity contribution is 0.0919. The molecule has 1 amide bonds. The van der Waals surface area contributed by atoms with Crippen molar-refractivity contribution in [2.24, 2.45) is 0 Å². The molecule has 0 aliphatic rings. The summed E-state index contributed by atoms with van der Waals surface area (Å²) in [6, 6.07) is 21.1. The first-order valence-electron chi connectivity index (χ1n) is 9.76. The molecule has 0 aliphatic carbocycles. The van der Waals surface area contributed by atoms with Crippen LogP contribution in [0.3, 0.4) is 0 Å². The number of ether oxygens (including phenoxy) is 1. The van der Waals surface area contributed by atoms with E-state index < -0.39 is 0 Å². The van der Waals surface area contributed by atoms with Crippen molar-refractivity contribution in [1.82, 2.24) is 15.1 Å². The summed E-state index contributed by atoms with van der Waals surface area (Å²) >= 11 is 0. The van der Waals surface area contributed by atoms with Crippen LogP contribution < -0.4 is 10.1 Å². The van der Waals surface area contributed by atoms with E-state index in [2.05, 4.69) is 10.4 Å². The molecule has 2 aromatic heterocycles. The molecule has 6 heteroatoms. The molecule has 2 heterocycles. The Labute approximate surface area is 175 Å². The molecule has 4 aromatic rings. The van der Waals surface area contributed by atoms with E-state index in [4.69, 9.17) is 9.15 Å². The number of rotatable bonds is 7. The number of nitrogens with zero attached hydrogens (tertiary/aromatic N) is 2. The first-order valence-corrected chi connectivity index (χ1v) is 9.76. The molecule has 4 rings (SSSR count). The normalized spacial score (nSPS) is 10.7. The maximum absolute atomic E-state index is 12.7. The Morgan fingerprint density at radius 3 is 2.47 bits per heavy atom. The van der Waals surface area contributed by atoms with Crippen LogP contribution in [0.25, 0.3) is 5.69 Å². The molecule has 1 N–H and O–H groups in total. The van der Waals surface area contributed by atoms with Crippen LogP contribution in [-0.4, -0.2) is 15.7 Å². The third-order valence-corrected chi connectivity index (χ3v) is 4.96. The number of amides is 1. The molecular weight excluding hydrogens is 378 g/mol. The molecule has 0 atom stereocenters. The van der Waals surface area contributed by atoms with E-state index in [9.17, 15) is 4.79 Å². The molecule has 0 aliphatic heterocycles. The van der Waals surface area contributed by atoms with Gasteiger partial charge in [0.05, 0.1) is 17.6 Å². The number of para-hydroxylation sites is 2. The fraction of sp³-hybridized carbons (Fsp3) is 0.167. The van der Waals surface area contributed by atoms with Gasteiger partial charge in [-0.3, -0.25) is 4.79 Å². The molecule has 0 radical (unpaired) electrons. The summed E-state index contributed by atoms with van der Waals surface area (Å²) in [5, 5.41) is 7.57. The van der Waals surface area contributed by atoms with Gasteiger partial charge in [0, 0.05) is 23.4 Å². The van der Waals surface area contributed by atoms with E-state index in [1.807, 2.05) is 79.2 Å². The monoisotopic (exact) mass is 401 g/mol. The van der Waals surface area contributed by atoms with Crippen molar-refractivity contribution in [2.75, 3.05) is 0 Å². The van der Waals surface area contributed by atoms with Gasteiger partial charge in [-0.25, -0.2) is 4.68 Å². The zero-order chi connectivity index (χ0) is 20.9. The van der Waals surface area contributed by atoms with Gasteiger partial charge in [-0.05, 0) is 44.2 Å². The highest BCUT2D eigenvalue weighted by molar-refractivity contribution is 5.92. The van der Waals surface area contributed by atoms with Crippen molar-refractivity contribution in [3.05, 3.63) is 101 Å². The van der Waals surface area contributed by atoms with Crippen molar-refractivity contribution in [3.8, 4) is 11.4 Å². The van der Waals surface area contributed by atoms with E-state index in [-0.39, 0.29) is 18.3 Å². The second-order valence-corrected chi connectivity index (χ2v) is 6.96. The lowest BCUT2D eigenvalue weighted by Crippen LogP contribution is -2.24. The summed E-state index contributed by atoms with van der Waals surface area (Å²) in [5.41, 5.74) is 4.54. The minimum Gasteiger partial charge on any atom is -0.489 e. The molecule has 30 heavy (non-hydrogen) atoms. The van der Waals surface area contributed by atoms with Gasteiger partial charge in [-0.15, -0.1) is 0 Å². The summed E-state index contributed by atoms with van der Waals surface area (Å²) < 4.78 is 13.1. The number of aryl methyl sites for hydroxylation is 1. The van der Waals surface area contributed by atoms with Crippen molar-refractivity contribution in [3.63, 3.8) is 0 Å². The van der Waals surface area contributed by atoms with Gasteiger partial charge in [0.2, 0.25) is 0 Å². The third-order valence-electron chi connectivity index (χ3n) is 4.96. The molecule has 2 aromatic carbocycles. The average molecular weight is 401 g/mol. The molecule has 0 bridgehead atoms. The highest BCUT2D eigenvalue weighted by Crippen LogP contribution is 2.19. The zero-order valence-corrected chi connectivity index (χ0v) is 17.0. The summed E-state index contributed by atoms with van der Waals surface area (Å²) in [6.07, 6.45) is 1.50. The zero-order valence-electron chi connectivity index (χ0n) is 17.0. The number of benzene rings is 2. The number of carbonyl (C=O) groups is 1. The highest BCUT2D eigenvalue weighted by Gasteiger charge is 2.18. The molecule has 0 unspecified atom stereocenters. The lowest BCUT2D eigenvalue weighted by Gasteiger charge is -2.08. The summed E-state index contributed by atoms with van der Waals surface area (Å²) in [5.74, 6) is 0.722. The van der Waals surface area contributed by atoms with Crippen molar-refractivity contribution >= 4 is 5.91 Å². The van der Waals surface area contributed by atoms with E-state index in [0.29, 0.717) is 12.1 Å². The van der Waals surface area contributed by atoms with E-state index >= 15 is 0 Å². The number of carbonyl (C=O) groups excluding carboxylic acids is 1. The quantitative estimate of drug-likeness (QED) is 0.492. The van der Waals surface area contributed by atoms with Crippen LogP contribution in [0.15, 0.2) is 77.4 Å². The second kappa shape index (κ2) is 8.69. The fourth-order valence-electron chi connectivity index (χ4n) is 3.33. The number of nitrogens with one attached hydrogen (secondary N) is 1. The van der Waals surface area contributed by atoms with Gasteiger partial charge in [-0.2, -0.15) is 5.10 Å². The van der Waals surface area contributed by atoms with Gasteiger partial charge in [-0.1, -0.05) is 36.4 Å². The van der Waals surface area contributed by atoms with Gasteiger partial charge in [0.1, 0.15) is 12.4 Å². The van der Waals surface area contributed by atoms with Crippen LogP contribution >= 0.6 is 0 Å². The van der Waals surface area contributed by atoms with Crippen LogP contribution in [-0.2, 0) is 13.2 Å². The summed E-state index contributed by atoms with van der Waals surface area (Å²) in [6.45, 7) is 4.57. The van der Waals surface area contributed by atoms with Crippen LogP contribution in [0.5, 0.6) is 5.75 Å². The lowest BCUT2D eigenvalue weighted by atomic mass is 10.2. The molecule has 0 spiro atoms. The largest absolute Gasteiger partial charge is 0.489 e. The Balaban J connectivity index is 1.44. The van der Waals surface area contributed by atoms with Gasteiger partial charge < -0.3 is 14.5 Å². The molecule has 0 fully saturated rings. The van der Waals surface area contributed by atoms with Crippen LogP contribution in [0.4, 0.5) is 0 Å². The molecular formula is C24H23N3O3. The van der Waals surface area contributed by atoms with E-state index in [1.54, 1.807) is 6.07 Å². The van der Waals surface area contributed by atoms with Crippen LogP contribution in [0.1, 0.15) is 33.1 Å². The Bertz CT molecular complexity index is 1130. The first kappa shape index (κ1) is 19.5. The Hall–Kier alpha value is -3.80. The summed E-state index contributed by atoms with van der Waals surface area (Å²) in [7, 11) is 0. The smallest absolute Gasteiger partial charge is 0.287 e. The van der Waals surface area contributed by atoms with Gasteiger partial charge in [0.25, 0.3) is 5.91 Å². The van der Waals surface area contributed by atoms with E-state index in [1.165, 1.54) is 6.26 Å². The maximum Gasteiger partial charge on any atom is 0.287 e. The van der Waals surface area contributed by atoms with E-state index in [0.717, 1.165) is 28.4 Å². The Morgan fingerprint density at radius 1 is 1.03 bits per heavy atom. The fourth-order valence-corrected chi connectivity index (χ4v) is 3.33. The Morgan fingerprint density at radius 2 is 1.73 bits per heavy atom. The van der Waals surface area contributed by atoms with Crippen molar-refractivity contribution < 1.29 is 13.9 Å². The molecule has 0 saturated carbocycles. The number of hydrogen-bond acceptors (Lipinski definition) is 4. The minimum absolute atomic E-state index is 0.257. The van der Waals surface area contributed by atoms with Gasteiger partial charge in [0.15, 0.2) is 5.76 Å². The number of aromatic nitrogens is 2. The number of hydrogen-bond donors (Lipinski definition) is 1. The van der Waals surface area contributed by atoms with Crippen LogP contribution in [0, 0.1) is 13.8 Å². The SMILES string of the molecule is Cc1nn(-c2ccccc2)c(C)c1CNC(=O)c1occc1COc1ccccc1. The topological polar surface area (TPSA) is 69.3 Å². The van der Waals surface area contributed by atoms with Crippen molar-refractivity contribution in [2.45, 2.75) is 27.0 Å². The minimum atomic E-state index is -0.280. The van der Waals surface area contributed by atoms with Crippen molar-refractivity contribution in [1.29, 1.82) is 0 Å². The first-order chi connectivity index (χ1) is 14.6. The van der Waals surface area contributed by atoms with Gasteiger partial charge >= 0.3 is 0 Å². The molecule has 152 valence electrons. The predicted octanol–water partition coefficient (Wildman–Crippen LogP) is 4.59. The highest BCUT2D eigenvalue weighted by atomic mass is 16.5. The second-order valence-electron chi connectivity index (χ2n) is 6.96. The maximum atomic E-state index is 12.7. The summed E-state index contributed by atoms with van der Waals surface area (Å²) in [4.78, 5) is 12.7. The number of furan rings is 1. The third kappa shape index (κ3) is 4.12. The molecule has 0 saturated heterocycles. The average Bonchev–Trinajstić information content (AvgIpc) is 3.36. The predicted molar refractivity (Wildman–Crippen MR) is 114 cm³/mol. The standard InChI is InChI=1S/C24H23N3O3/c1-17-22(18(2)27(26-17)20-9-5-3-6-10-20)15-25-24(28)23-19(13-14-29-23)16-30-21-11-7-4-8-12-21/h3-14H,15-16H2,1-2H3,(H,25,28).